The maximum Gasteiger partial charge on any atom is 0.0567 e. The van der Waals surface area contributed by atoms with Crippen LogP contribution in [0, 0.1) is 0 Å². The van der Waals surface area contributed by atoms with Crippen molar-refractivity contribution in [2.45, 2.75) is 17.5 Å². The van der Waals surface area contributed by atoms with Crippen LogP contribution in [0.4, 0.5) is 0 Å². The average Bonchev–Trinajstić information content (AvgIpc) is 2.03. The molecule has 0 spiro atoms. The van der Waals surface area contributed by atoms with Crippen LogP contribution in [0.3, 0.4) is 0 Å². The molecule has 0 aliphatic carbocycles. The van der Waals surface area contributed by atoms with Crippen molar-refractivity contribution < 1.29 is 0 Å². The minimum absolute atomic E-state index is 0.535. The van der Waals surface area contributed by atoms with E-state index in [4.69, 9.17) is 0 Å². The average molecular weight is 261 g/mol. The lowest BCUT2D eigenvalue weighted by atomic mass is 10.2. The molecule has 0 fully saturated rings. The van der Waals surface area contributed by atoms with E-state index in [1.165, 1.54) is 5.56 Å². The Kier molecular flexibility index (Phi) is 3.86. The second-order valence-electron chi connectivity index (χ2n) is 2.48. The van der Waals surface area contributed by atoms with Crippen LogP contribution in [0.5, 0.6) is 0 Å². The molecule has 0 aromatic heterocycles. The Balaban J connectivity index is 2.39. The first-order valence-corrected chi connectivity index (χ1v) is 4.95. The van der Waals surface area contributed by atoms with Gasteiger partial charge < -0.3 is 5.32 Å². The highest BCUT2D eigenvalue weighted by atomic mass is 127. The fourth-order valence-corrected chi connectivity index (χ4v) is 1.07. The van der Waals surface area contributed by atoms with Gasteiger partial charge >= 0.3 is 0 Å². The van der Waals surface area contributed by atoms with Crippen LogP contribution in [-0.2, 0) is 6.54 Å². The molecular formula is C9H12IN. The fourth-order valence-electron chi connectivity index (χ4n) is 0.854. The fraction of sp³-hybridized carbons (Fsp3) is 0.333. The molecular weight excluding hydrogens is 249 g/mol. The standard InChI is InChI=1S/C9H12IN/c1-8(10)11-7-9-5-3-2-4-6-9/h2-6,8,11H,7H2,1H3. The van der Waals surface area contributed by atoms with E-state index in [0.29, 0.717) is 4.05 Å². The highest BCUT2D eigenvalue weighted by Gasteiger charge is 1.93. The molecule has 0 saturated carbocycles. The van der Waals surface area contributed by atoms with Gasteiger partial charge in [-0.3, -0.25) is 0 Å². The SMILES string of the molecule is CC(I)NCc1ccccc1. The summed E-state index contributed by atoms with van der Waals surface area (Å²) in [5.74, 6) is 0. The molecule has 1 aromatic carbocycles. The van der Waals surface area contributed by atoms with Crippen LogP contribution in [0.2, 0.25) is 0 Å². The molecule has 1 N–H and O–H groups in total. The third-order valence-corrected chi connectivity index (χ3v) is 1.87. The van der Waals surface area contributed by atoms with Gasteiger partial charge in [-0.05, 0) is 12.5 Å². The summed E-state index contributed by atoms with van der Waals surface area (Å²) in [5, 5.41) is 3.35. The Morgan fingerprint density at radius 3 is 2.55 bits per heavy atom. The molecule has 1 rings (SSSR count). The van der Waals surface area contributed by atoms with Crippen molar-refractivity contribution in [3.63, 3.8) is 0 Å². The van der Waals surface area contributed by atoms with Gasteiger partial charge in [0.05, 0.1) is 4.05 Å². The molecule has 1 atom stereocenters. The third-order valence-electron chi connectivity index (χ3n) is 1.43. The zero-order valence-corrected chi connectivity index (χ0v) is 8.71. The number of nitrogens with one attached hydrogen (secondary N) is 1. The smallest absolute Gasteiger partial charge is 0.0567 e. The highest BCUT2D eigenvalue weighted by molar-refractivity contribution is 14.1. The van der Waals surface area contributed by atoms with Gasteiger partial charge in [0.2, 0.25) is 0 Å². The van der Waals surface area contributed by atoms with Gasteiger partial charge in [-0.1, -0.05) is 52.9 Å². The predicted octanol–water partition coefficient (Wildman–Crippen LogP) is 2.56. The second-order valence-corrected chi connectivity index (χ2v) is 4.35. The summed E-state index contributed by atoms with van der Waals surface area (Å²) in [6, 6.07) is 10.4. The maximum atomic E-state index is 3.35. The van der Waals surface area contributed by atoms with E-state index in [9.17, 15) is 0 Å². The largest absolute Gasteiger partial charge is 0.302 e. The van der Waals surface area contributed by atoms with Gasteiger partial charge in [-0.25, -0.2) is 0 Å². The molecule has 0 aliphatic rings. The van der Waals surface area contributed by atoms with Crippen LogP contribution < -0.4 is 5.32 Å². The monoisotopic (exact) mass is 261 g/mol. The van der Waals surface area contributed by atoms with Crippen LogP contribution >= 0.6 is 22.6 Å². The predicted molar refractivity (Wildman–Crippen MR) is 56.8 cm³/mol. The minimum Gasteiger partial charge on any atom is -0.302 e. The Hall–Kier alpha value is -0.0900. The van der Waals surface area contributed by atoms with E-state index in [0.717, 1.165) is 6.54 Å². The first kappa shape index (κ1) is 9.00. The Labute approximate surface area is 81.3 Å². The van der Waals surface area contributed by atoms with E-state index in [2.05, 4.69) is 59.1 Å². The zero-order chi connectivity index (χ0) is 8.10. The topological polar surface area (TPSA) is 12.0 Å². The van der Waals surface area contributed by atoms with Gasteiger partial charge in [-0.2, -0.15) is 0 Å². The molecule has 0 radical (unpaired) electrons. The van der Waals surface area contributed by atoms with Gasteiger partial charge in [0.15, 0.2) is 0 Å². The van der Waals surface area contributed by atoms with Gasteiger partial charge in [0.25, 0.3) is 0 Å². The van der Waals surface area contributed by atoms with Gasteiger partial charge in [-0.15, -0.1) is 0 Å². The third kappa shape index (κ3) is 3.72. The molecule has 2 heteroatoms. The maximum absolute atomic E-state index is 3.35. The minimum atomic E-state index is 0.535. The summed E-state index contributed by atoms with van der Waals surface area (Å²) in [4.78, 5) is 0. The summed E-state index contributed by atoms with van der Waals surface area (Å²) in [6.45, 7) is 3.11. The number of benzene rings is 1. The van der Waals surface area contributed by atoms with Crippen molar-refractivity contribution in [3.8, 4) is 0 Å². The lowest BCUT2D eigenvalue weighted by Gasteiger charge is -2.05. The quantitative estimate of drug-likeness (QED) is 0.501. The normalized spacial score (nSPS) is 12.9. The van der Waals surface area contributed by atoms with E-state index in [-0.39, 0.29) is 0 Å². The summed E-state index contributed by atoms with van der Waals surface area (Å²) in [5.41, 5.74) is 1.34. The van der Waals surface area contributed by atoms with Crippen molar-refractivity contribution in [1.82, 2.24) is 5.32 Å². The lowest BCUT2D eigenvalue weighted by Crippen LogP contribution is -2.18. The lowest BCUT2D eigenvalue weighted by molar-refractivity contribution is 0.707. The molecule has 60 valence electrons. The molecule has 0 amide bonds. The Morgan fingerprint density at radius 1 is 1.36 bits per heavy atom. The Bertz CT molecular complexity index is 196. The number of hydrogen-bond acceptors (Lipinski definition) is 1. The summed E-state index contributed by atoms with van der Waals surface area (Å²) in [7, 11) is 0. The molecule has 0 saturated heterocycles. The van der Waals surface area contributed by atoms with Gasteiger partial charge in [0.1, 0.15) is 0 Å². The Morgan fingerprint density at radius 2 is 2.00 bits per heavy atom. The van der Waals surface area contributed by atoms with E-state index < -0.39 is 0 Å². The van der Waals surface area contributed by atoms with Crippen molar-refractivity contribution in [1.29, 1.82) is 0 Å². The first-order chi connectivity index (χ1) is 5.29. The van der Waals surface area contributed by atoms with Crippen LogP contribution in [-0.4, -0.2) is 4.05 Å². The second kappa shape index (κ2) is 4.72. The number of hydrogen-bond donors (Lipinski definition) is 1. The van der Waals surface area contributed by atoms with Crippen molar-refractivity contribution in [3.05, 3.63) is 35.9 Å². The van der Waals surface area contributed by atoms with Crippen LogP contribution in [0.15, 0.2) is 30.3 Å². The molecule has 0 heterocycles. The number of halogens is 1. The summed E-state index contributed by atoms with van der Waals surface area (Å²) < 4.78 is 0.535. The molecule has 0 aliphatic heterocycles. The van der Waals surface area contributed by atoms with Crippen molar-refractivity contribution >= 4 is 22.6 Å². The van der Waals surface area contributed by atoms with E-state index in [1.807, 2.05) is 6.07 Å². The highest BCUT2D eigenvalue weighted by Crippen LogP contribution is 2.00. The molecule has 1 unspecified atom stereocenters. The number of alkyl halides is 1. The zero-order valence-electron chi connectivity index (χ0n) is 6.55. The molecule has 1 nitrogen and oxygen atoms in total. The first-order valence-electron chi connectivity index (χ1n) is 3.70. The van der Waals surface area contributed by atoms with Crippen LogP contribution in [0.25, 0.3) is 0 Å². The number of rotatable bonds is 3. The molecule has 11 heavy (non-hydrogen) atoms. The van der Waals surface area contributed by atoms with Gasteiger partial charge in [0, 0.05) is 6.54 Å². The summed E-state index contributed by atoms with van der Waals surface area (Å²) in [6.07, 6.45) is 0. The summed E-state index contributed by atoms with van der Waals surface area (Å²) >= 11 is 2.36. The molecule has 1 aromatic rings. The van der Waals surface area contributed by atoms with Crippen molar-refractivity contribution in [2.24, 2.45) is 0 Å². The van der Waals surface area contributed by atoms with Crippen LogP contribution in [0.1, 0.15) is 12.5 Å². The van der Waals surface area contributed by atoms with E-state index >= 15 is 0 Å². The molecule has 0 bridgehead atoms. The van der Waals surface area contributed by atoms with Crippen molar-refractivity contribution in [2.75, 3.05) is 0 Å². The van der Waals surface area contributed by atoms with E-state index in [1.54, 1.807) is 0 Å².